The maximum absolute atomic E-state index is 12.9. The molecule has 1 atom stereocenters. The fourth-order valence-corrected chi connectivity index (χ4v) is 2.77. The summed E-state index contributed by atoms with van der Waals surface area (Å²) in [6.07, 6.45) is 4.10. The molecule has 0 bridgehead atoms. The standard InChI is InChI=1S/C16H18FN3O/c1-10(11-6-8-12(17)9-7-11)18-16(21)15-13-4-2-3-5-14(13)19-20-15/h6-10H,2-5H2,1H3,(H,18,21)(H,19,20)/t10-/m1/s1. The first-order valence-electron chi connectivity index (χ1n) is 7.27. The third kappa shape index (κ3) is 2.82. The molecule has 5 heteroatoms. The highest BCUT2D eigenvalue weighted by Crippen LogP contribution is 2.22. The van der Waals surface area contributed by atoms with Crippen molar-refractivity contribution in [3.05, 3.63) is 52.6 Å². The minimum atomic E-state index is -0.279. The molecule has 0 aliphatic heterocycles. The van der Waals surface area contributed by atoms with Crippen LogP contribution in [0.15, 0.2) is 24.3 Å². The van der Waals surface area contributed by atoms with Gasteiger partial charge < -0.3 is 5.32 Å². The predicted octanol–water partition coefficient (Wildman–Crippen LogP) is 2.92. The van der Waals surface area contributed by atoms with Crippen molar-refractivity contribution in [2.75, 3.05) is 0 Å². The maximum Gasteiger partial charge on any atom is 0.272 e. The van der Waals surface area contributed by atoms with Crippen LogP contribution >= 0.6 is 0 Å². The van der Waals surface area contributed by atoms with Gasteiger partial charge in [-0.15, -0.1) is 0 Å². The number of fused-ring (bicyclic) bond motifs is 1. The van der Waals surface area contributed by atoms with E-state index < -0.39 is 0 Å². The smallest absolute Gasteiger partial charge is 0.272 e. The van der Waals surface area contributed by atoms with Crippen molar-refractivity contribution in [3.8, 4) is 0 Å². The van der Waals surface area contributed by atoms with Gasteiger partial charge in [-0.1, -0.05) is 12.1 Å². The molecule has 0 saturated carbocycles. The molecule has 21 heavy (non-hydrogen) atoms. The molecule has 3 rings (SSSR count). The molecule has 1 amide bonds. The number of amides is 1. The van der Waals surface area contributed by atoms with E-state index in [4.69, 9.17) is 0 Å². The number of halogens is 1. The summed E-state index contributed by atoms with van der Waals surface area (Å²) < 4.78 is 12.9. The number of H-pyrrole nitrogens is 1. The van der Waals surface area contributed by atoms with Gasteiger partial charge in [-0.05, 0) is 50.3 Å². The van der Waals surface area contributed by atoms with Gasteiger partial charge in [0.1, 0.15) is 5.82 Å². The number of carbonyl (C=O) groups excluding carboxylic acids is 1. The van der Waals surface area contributed by atoms with Gasteiger partial charge in [-0.2, -0.15) is 5.10 Å². The average molecular weight is 287 g/mol. The zero-order valence-electron chi connectivity index (χ0n) is 11.9. The Kier molecular flexibility index (Phi) is 3.73. The van der Waals surface area contributed by atoms with Crippen molar-refractivity contribution < 1.29 is 9.18 Å². The van der Waals surface area contributed by atoms with E-state index in [0.29, 0.717) is 5.69 Å². The SMILES string of the molecule is C[C@@H](NC(=O)c1n[nH]c2c1CCCC2)c1ccc(F)cc1. The van der Waals surface area contributed by atoms with E-state index in [-0.39, 0.29) is 17.8 Å². The topological polar surface area (TPSA) is 57.8 Å². The molecule has 1 aromatic heterocycles. The van der Waals surface area contributed by atoms with E-state index in [1.54, 1.807) is 12.1 Å². The summed E-state index contributed by atoms with van der Waals surface area (Å²) in [5.74, 6) is -0.454. The summed E-state index contributed by atoms with van der Waals surface area (Å²) in [5, 5.41) is 10.1. The van der Waals surface area contributed by atoms with Crippen LogP contribution in [0.5, 0.6) is 0 Å². The lowest BCUT2D eigenvalue weighted by Crippen LogP contribution is -2.28. The summed E-state index contributed by atoms with van der Waals surface area (Å²) in [7, 11) is 0. The summed E-state index contributed by atoms with van der Waals surface area (Å²) in [5.41, 5.74) is 3.50. The largest absolute Gasteiger partial charge is 0.344 e. The summed E-state index contributed by atoms with van der Waals surface area (Å²) in [6.45, 7) is 1.88. The highest BCUT2D eigenvalue weighted by atomic mass is 19.1. The normalized spacial score (nSPS) is 15.3. The molecule has 4 nitrogen and oxygen atoms in total. The molecule has 0 radical (unpaired) electrons. The van der Waals surface area contributed by atoms with E-state index in [1.165, 1.54) is 12.1 Å². The Bertz CT molecular complexity index is 648. The quantitative estimate of drug-likeness (QED) is 0.912. The van der Waals surface area contributed by atoms with Crippen molar-refractivity contribution >= 4 is 5.91 Å². The first kappa shape index (κ1) is 13.8. The van der Waals surface area contributed by atoms with Crippen molar-refractivity contribution in [2.24, 2.45) is 0 Å². The van der Waals surface area contributed by atoms with Gasteiger partial charge in [-0.25, -0.2) is 4.39 Å². The zero-order valence-corrected chi connectivity index (χ0v) is 11.9. The molecule has 0 fully saturated rings. The molecule has 1 heterocycles. The minimum absolute atomic E-state index is 0.175. The molecular formula is C16H18FN3O. The highest BCUT2D eigenvalue weighted by molar-refractivity contribution is 5.94. The van der Waals surface area contributed by atoms with Gasteiger partial charge in [0.05, 0.1) is 6.04 Å². The van der Waals surface area contributed by atoms with Crippen molar-refractivity contribution in [1.29, 1.82) is 0 Å². The van der Waals surface area contributed by atoms with Crippen molar-refractivity contribution in [3.63, 3.8) is 0 Å². The molecule has 1 aliphatic rings. The van der Waals surface area contributed by atoms with Crippen LogP contribution in [0.3, 0.4) is 0 Å². The third-order valence-electron chi connectivity index (χ3n) is 3.99. The van der Waals surface area contributed by atoms with Gasteiger partial charge in [-0.3, -0.25) is 9.89 Å². The molecule has 2 aromatic rings. The number of rotatable bonds is 3. The average Bonchev–Trinajstić information content (AvgIpc) is 2.92. The Morgan fingerprint density at radius 3 is 2.76 bits per heavy atom. The van der Waals surface area contributed by atoms with E-state index in [9.17, 15) is 9.18 Å². The van der Waals surface area contributed by atoms with Crippen LogP contribution in [0.2, 0.25) is 0 Å². The first-order valence-corrected chi connectivity index (χ1v) is 7.27. The second-order valence-electron chi connectivity index (χ2n) is 5.48. The minimum Gasteiger partial charge on any atom is -0.344 e. The number of aromatic amines is 1. The van der Waals surface area contributed by atoms with Crippen LogP contribution in [0.1, 0.15) is 53.1 Å². The molecule has 0 spiro atoms. The maximum atomic E-state index is 12.9. The van der Waals surface area contributed by atoms with Crippen LogP contribution in [-0.2, 0) is 12.8 Å². The number of nitrogens with one attached hydrogen (secondary N) is 2. The number of benzene rings is 1. The fraction of sp³-hybridized carbons (Fsp3) is 0.375. The van der Waals surface area contributed by atoms with Crippen LogP contribution in [-0.4, -0.2) is 16.1 Å². The summed E-state index contributed by atoms with van der Waals surface area (Å²) in [6, 6.07) is 5.97. The Morgan fingerprint density at radius 2 is 2.00 bits per heavy atom. The predicted molar refractivity (Wildman–Crippen MR) is 77.5 cm³/mol. The molecule has 1 aromatic carbocycles. The van der Waals surface area contributed by atoms with Gasteiger partial charge in [0.25, 0.3) is 5.91 Å². The summed E-state index contributed by atoms with van der Waals surface area (Å²) in [4.78, 5) is 12.4. The summed E-state index contributed by atoms with van der Waals surface area (Å²) >= 11 is 0. The van der Waals surface area contributed by atoms with Gasteiger partial charge in [0, 0.05) is 11.3 Å². The van der Waals surface area contributed by atoms with Gasteiger partial charge >= 0.3 is 0 Å². The second-order valence-corrected chi connectivity index (χ2v) is 5.48. The van der Waals surface area contributed by atoms with Crippen LogP contribution in [0, 0.1) is 5.82 Å². The van der Waals surface area contributed by atoms with Gasteiger partial charge in [0.15, 0.2) is 5.69 Å². The second kappa shape index (κ2) is 5.68. The van der Waals surface area contributed by atoms with Gasteiger partial charge in [0.2, 0.25) is 0 Å². The number of carbonyl (C=O) groups is 1. The Balaban J connectivity index is 1.74. The Morgan fingerprint density at radius 1 is 1.29 bits per heavy atom. The number of aromatic nitrogens is 2. The van der Waals surface area contributed by atoms with Crippen LogP contribution < -0.4 is 5.32 Å². The molecule has 0 unspecified atom stereocenters. The molecule has 1 aliphatic carbocycles. The Labute approximate surface area is 122 Å². The van der Waals surface area contributed by atoms with E-state index in [1.807, 2.05) is 6.92 Å². The van der Waals surface area contributed by atoms with E-state index >= 15 is 0 Å². The highest BCUT2D eigenvalue weighted by Gasteiger charge is 2.22. The number of hydrogen-bond donors (Lipinski definition) is 2. The lowest BCUT2D eigenvalue weighted by Gasteiger charge is -2.15. The lowest BCUT2D eigenvalue weighted by molar-refractivity contribution is 0.0933. The lowest BCUT2D eigenvalue weighted by atomic mass is 9.95. The molecular weight excluding hydrogens is 269 g/mol. The van der Waals surface area contributed by atoms with Crippen molar-refractivity contribution in [2.45, 2.75) is 38.6 Å². The Hall–Kier alpha value is -2.17. The van der Waals surface area contributed by atoms with Crippen molar-refractivity contribution in [1.82, 2.24) is 15.5 Å². The number of hydrogen-bond acceptors (Lipinski definition) is 2. The molecule has 110 valence electrons. The molecule has 2 N–H and O–H groups in total. The third-order valence-corrected chi connectivity index (χ3v) is 3.99. The first-order chi connectivity index (χ1) is 10.1. The van der Waals surface area contributed by atoms with Crippen LogP contribution in [0.25, 0.3) is 0 Å². The zero-order chi connectivity index (χ0) is 14.8. The fourth-order valence-electron chi connectivity index (χ4n) is 2.77. The monoisotopic (exact) mass is 287 g/mol. The van der Waals surface area contributed by atoms with E-state index in [2.05, 4.69) is 15.5 Å². The molecule has 0 saturated heterocycles. The number of nitrogens with zero attached hydrogens (tertiary/aromatic N) is 1. The van der Waals surface area contributed by atoms with Crippen LogP contribution in [0.4, 0.5) is 4.39 Å². The number of aryl methyl sites for hydroxylation is 1. The van der Waals surface area contributed by atoms with E-state index in [0.717, 1.165) is 42.5 Å².